The van der Waals surface area contributed by atoms with Crippen molar-refractivity contribution in [3.63, 3.8) is 0 Å². The van der Waals surface area contributed by atoms with Gasteiger partial charge >= 0.3 is 6.09 Å². The lowest BCUT2D eigenvalue weighted by molar-refractivity contribution is -0.141. The normalized spacial score (nSPS) is 18.8. The summed E-state index contributed by atoms with van der Waals surface area (Å²) in [6.45, 7) is 0.276. The van der Waals surface area contributed by atoms with Crippen LogP contribution < -0.4 is 10.6 Å². The second-order valence-electron chi connectivity index (χ2n) is 10.0. The van der Waals surface area contributed by atoms with E-state index in [4.69, 9.17) is 16.3 Å². The number of hydrogen-bond donors (Lipinski definition) is 3. The molecule has 1 spiro atoms. The number of aromatic nitrogens is 2. The highest BCUT2D eigenvalue weighted by Gasteiger charge is 2.49. The Balaban J connectivity index is 1.28. The average Bonchev–Trinajstić information content (AvgIpc) is 3.67. The Labute approximate surface area is 243 Å². The highest BCUT2D eigenvalue weighted by molar-refractivity contribution is 7.12. The van der Waals surface area contributed by atoms with E-state index in [1.165, 1.54) is 28.4 Å². The summed E-state index contributed by atoms with van der Waals surface area (Å²) < 4.78 is 21.1. The molecule has 2 aromatic heterocycles. The van der Waals surface area contributed by atoms with Crippen molar-refractivity contribution in [2.75, 3.05) is 18.4 Å². The SMILES string of the molecule is O=C1Nc2ccc(Cl)c(F)c2[C@@]2(CCCN(C(=O)[C@H](Cc3ccccc3)NC(=O)c3cc(-c4ncc[nH]4)cs3)C2)O1. The van der Waals surface area contributed by atoms with Crippen LogP contribution in [0.5, 0.6) is 0 Å². The summed E-state index contributed by atoms with van der Waals surface area (Å²) in [7, 11) is 0. The molecule has 3 amide bonds. The van der Waals surface area contributed by atoms with Crippen molar-refractivity contribution >= 4 is 46.5 Å². The van der Waals surface area contributed by atoms with Crippen LogP contribution >= 0.6 is 22.9 Å². The summed E-state index contributed by atoms with van der Waals surface area (Å²) in [5.74, 6) is -0.814. The molecule has 4 heterocycles. The van der Waals surface area contributed by atoms with Crippen LogP contribution in [0.1, 0.15) is 33.6 Å². The predicted octanol–water partition coefficient (Wildman–Crippen LogP) is 5.35. The Bertz CT molecular complexity index is 1610. The molecule has 0 aliphatic carbocycles. The van der Waals surface area contributed by atoms with Crippen molar-refractivity contribution < 1.29 is 23.5 Å². The van der Waals surface area contributed by atoms with E-state index < -0.39 is 29.5 Å². The van der Waals surface area contributed by atoms with Gasteiger partial charge in [0.05, 0.1) is 27.7 Å². The molecule has 210 valence electrons. The van der Waals surface area contributed by atoms with Gasteiger partial charge in [0.1, 0.15) is 11.9 Å². The number of thiophene rings is 1. The quantitative estimate of drug-likeness (QED) is 0.279. The third kappa shape index (κ3) is 5.30. The molecule has 9 nitrogen and oxygen atoms in total. The van der Waals surface area contributed by atoms with Crippen molar-refractivity contribution in [2.24, 2.45) is 0 Å². The average molecular weight is 594 g/mol. The molecule has 12 heteroatoms. The molecule has 0 bridgehead atoms. The molecule has 1 fully saturated rings. The minimum absolute atomic E-state index is 0.0771. The van der Waals surface area contributed by atoms with E-state index in [1.54, 1.807) is 18.5 Å². The summed E-state index contributed by atoms with van der Waals surface area (Å²) in [4.78, 5) is 49.1. The van der Waals surface area contributed by atoms with Gasteiger partial charge in [0.15, 0.2) is 11.4 Å². The lowest BCUT2D eigenvalue weighted by Crippen LogP contribution is -2.57. The Morgan fingerprint density at radius 3 is 2.85 bits per heavy atom. The zero-order chi connectivity index (χ0) is 28.6. The van der Waals surface area contributed by atoms with Crippen LogP contribution in [0.2, 0.25) is 5.02 Å². The molecule has 2 aliphatic rings. The van der Waals surface area contributed by atoms with E-state index >= 15 is 4.39 Å². The lowest BCUT2D eigenvalue weighted by atomic mass is 9.82. The molecule has 0 radical (unpaired) electrons. The third-order valence-electron chi connectivity index (χ3n) is 7.32. The number of halogens is 2. The number of carbonyl (C=O) groups excluding carboxylic acids is 3. The number of rotatable bonds is 6. The van der Waals surface area contributed by atoms with Crippen molar-refractivity contribution in [1.29, 1.82) is 0 Å². The first kappa shape index (κ1) is 27.0. The zero-order valence-electron chi connectivity index (χ0n) is 21.7. The summed E-state index contributed by atoms with van der Waals surface area (Å²) in [5.41, 5.74) is 0.595. The lowest BCUT2D eigenvalue weighted by Gasteiger charge is -2.45. The van der Waals surface area contributed by atoms with Gasteiger partial charge in [-0.25, -0.2) is 14.2 Å². The summed E-state index contributed by atoms with van der Waals surface area (Å²) >= 11 is 7.35. The fourth-order valence-corrected chi connectivity index (χ4v) is 6.42. The first-order valence-corrected chi connectivity index (χ1v) is 14.3. The maximum Gasteiger partial charge on any atom is 0.412 e. The minimum Gasteiger partial charge on any atom is -0.436 e. The summed E-state index contributed by atoms with van der Waals surface area (Å²) in [6, 6.07) is 13.1. The van der Waals surface area contributed by atoms with Gasteiger partial charge in [-0.05, 0) is 36.6 Å². The Morgan fingerprint density at radius 1 is 1.24 bits per heavy atom. The molecule has 2 atom stereocenters. The van der Waals surface area contributed by atoms with Crippen molar-refractivity contribution in [3.05, 3.63) is 93.1 Å². The first-order chi connectivity index (χ1) is 19.8. The van der Waals surface area contributed by atoms with Crippen molar-refractivity contribution in [2.45, 2.75) is 30.9 Å². The van der Waals surface area contributed by atoms with E-state index in [0.29, 0.717) is 30.1 Å². The number of likely N-dealkylation sites (tertiary alicyclic amines) is 1. The maximum absolute atomic E-state index is 15.3. The van der Waals surface area contributed by atoms with Crippen LogP contribution in [0.3, 0.4) is 0 Å². The van der Waals surface area contributed by atoms with Crippen LogP contribution in [-0.4, -0.2) is 51.9 Å². The number of fused-ring (bicyclic) bond motifs is 2. The Kier molecular flexibility index (Phi) is 7.22. The van der Waals surface area contributed by atoms with Crippen LogP contribution in [0.4, 0.5) is 14.9 Å². The fourth-order valence-electron chi connectivity index (χ4n) is 5.46. The van der Waals surface area contributed by atoms with Crippen LogP contribution in [0, 0.1) is 5.82 Å². The topological polar surface area (TPSA) is 116 Å². The van der Waals surface area contributed by atoms with Gasteiger partial charge in [-0.3, -0.25) is 14.9 Å². The van der Waals surface area contributed by atoms with E-state index in [-0.39, 0.29) is 35.1 Å². The molecule has 0 saturated carbocycles. The molecule has 6 rings (SSSR count). The molecule has 41 heavy (non-hydrogen) atoms. The third-order valence-corrected chi connectivity index (χ3v) is 8.54. The molecule has 1 saturated heterocycles. The Morgan fingerprint density at radius 2 is 2.07 bits per heavy atom. The fraction of sp³-hybridized carbons (Fsp3) is 0.241. The van der Waals surface area contributed by atoms with Crippen LogP contribution in [0.15, 0.2) is 66.3 Å². The van der Waals surface area contributed by atoms with Gasteiger partial charge < -0.3 is 19.9 Å². The highest BCUT2D eigenvalue weighted by Crippen LogP contribution is 2.45. The number of aromatic amines is 1. The molecule has 4 aromatic rings. The minimum atomic E-state index is -1.41. The number of imidazole rings is 1. The number of amides is 3. The molecule has 2 aromatic carbocycles. The largest absolute Gasteiger partial charge is 0.436 e. The van der Waals surface area contributed by atoms with Gasteiger partial charge in [0, 0.05) is 36.3 Å². The number of ether oxygens (including phenoxy) is 1. The van der Waals surface area contributed by atoms with Crippen molar-refractivity contribution in [1.82, 2.24) is 20.2 Å². The van der Waals surface area contributed by atoms with E-state index in [1.807, 2.05) is 35.7 Å². The van der Waals surface area contributed by atoms with Crippen LogP contribution in [0.25, 0.3) is 11.4 Å². The predicted molar refractivity (Wildman–Crippen MR) is 152 cm³/mol. The monoisotopic (exact) mass is 593 g/mol. The molecule has 0 unspecified atom stereocenters. The number of benzene rings is 2. The summed E-state index contributed by atoms with van der Waals surface area (Å²) in [5, 5.41) is 7.15. The second kappa shape index (κ2) is 11.0. The van der Waals surface area contributed by atoms with Gasteiger partial charge in [-0.15, -0.1) is 11.3 Å². The Hall–Kier alpha value is -4.22. The number of H-pyrrole nitrogens is 1. The van der Waals surface area contributed by atoms with Crippen molar-refractivity contribution in [3.8, 4) is 11.4 Å². The first-order valence-electron chi connectivity index (χ1n) is 13.0. The van der Waals surface area contributed by atoms with Crippen LogP contribution in [-0.2, 0) is 21.6 Å². The maximum atomic E-state index is 15.3. The second-order valence-corrected chi connectivity index (χ2v) is 11.3. The zero-order valence-corrected chi connectivity index (χ0v) is 23.2. The van der Waals surface area contributed by atoms with Gasteiger partial charge in [-0.2, -0.15) is 0 Å². The smallest absolute Gasteiger partial charge is 0.412 e. The molecular formula is C29H25ClFN5O4S. The number of nitrogens with one attached hydrogen (secondary N) is 3. The van der Waals surface area contributed by atoms with Gasteiger partial charge in [-0.1, -0.05) is 41.9 Å². The van der Waals surface area contributed by atoms with Gasteiger partial charge in [0.25, 0.3) is 5.91 Å². The number of piperidine rings is 1. The summed E-state index contributed by atoms with van der Waals surface area (Å²) in [6.07, 6.45) is 3.61. The van der Waals surface area contributed by atoms with Gasteiger partial charge in [0.2, 0.25) is 5.91 Å². The van der Waals surface area contributed by atoms with E-state index in [9.17, 15) is 14.4 Å². The standard InChI is InChI=1S/C29H25ClFN5O4S/c30-19-7-8-20-23(24(19)31)29(40-28(39)35-20)9-4-12-36(16-29)27(38)21(13-17-5-2-1-3-6-17)34-26(37)22-14-18(15-41-22)25-32-10-11-33-25/h1-3,5-8,10-11,14-15,21H,4,9,12-13,16H2,(H,32,33)(H,34,37)(H,35,39)/t21-,29-/m0/s1. The molecule has 2 aliphatic heterocycles. The van der Waals surface area contributed by atoms with E-state index in [2.05, 4.69) is 20.6 Å². The number of hydrogen-bond acceptors (Lipinski definition) is 6. The number of anilines is 1. The number of carbonyl (C=O) groups is 3. The molecular weight excluding hydrogens is 569 g/mol. The highest BCUT2D eigenvalue weighted by atomic mass is 35.5. The molecule has 3 N–H and O–H groups in total. The number of nitrogens with zero attached hydrogens (tertiary/aromatic N) is 2. The van der Waals surface area contributed by atoms with E-state index in [0.717, 1.165) is 11.1 Å².